The zero-order valence-electron chi connectivity index (χ0n) is 10.8. The smallest absolute Gasteiger partial charge is 0.146 e. The third-order valence-corrected chi connectivity index (χ3v) is 3.09. The molecule has 0 amide bonds. The standard InChI is InChI=1S/C16H18FN/c1-3-13-6-4-5-7-14(13)11-18-16-9-8-12(2)10-15(16)17/h4-10,18H,3,11H2,1-2H3. The van der Waals surface area contributed by atoms with Crippen LogP contribution in [0.1, 0.15) is 23.6 Å². The highest BCUT2D eigenvalue weighted by Crippen LogP contribution is 2.17. The molecular weight excluding hydrogens is 225 g/mol. The molecule has 0 radical (unpaired) electrons. The van der Waals surface area contributed by atoms with Gasteiger partial charge in [0.2, 0.25) is 0 Å². The summed E-state index contributed by atoms with van der Waals surface area (Å²) in [7, 11) is 0. The van der Waals surface area contributed by atoms with Gasteiger partial charge in [-0.1, -0.05) is 37.3 Å². The Hall–Kier alpha value is -1.83. The number of nitrogens with one attached hydrogen (secondary N) is 1. The van der Waals surface area contributed by atoms with Gasteiger partial charge in [-0.15, -0.1) is 0 Å². The van der Waals surface area contributed by atoms with Crippen molar-refractivity contribution < 1.29 is 4.39 Å². The van der Waals surface area contributed by atoms with Crippen molar-refractivity contribution in [1.29, 1.82) is 0 Å². The molecule has 2 aromatic rings. The summed E-state index contributed by atoms with van der Waals surface area (Å²) in [4.78, 5) is 0. The van der Waals surface area contributed by atoms with Crippen LogP contribution >= 0.6 is 0 Å². The van der Waals surface area contributed by atoms with Crippen LogP contribution in [0, 0.1) is 12.7 Å². The fraction of sp³-hybridized carbons (Fsp3) is 0.250. The first-order chi connectivity index (χ1) is 8.70. The van der Waals surface area contributed by atoms with Crippen LogP contribution < -0.4 is 5.32 Å². The number of hydrogen-bond donors (Lipinski definition) is 1. The van der Waals surface area contributed by atoms with Crippen molar-refractivity contribution in [2.24, 2.45) is 0 Å². The Morgan fingerprint density at radius 3 is 2.44 bits per heavy atom. The SMILES string of the molecule is CCc1ccccc1CNc1ccc(C)cc1F. The summed E-state index contributed by atoms with van der Waals surface area (Å²) in [6.07, 6.45) is 0.994. The zero-order chi connectivity index (χ0) is 13.0. The van der Waals surface area contributed by atoms with E-state index in [1.165, 1.54) is 11.1 Å². The molecule has 1 N–H and O–H groups in total. The Balaban J connectivity index is 2.11. The van der Waals surface area contributed by atoms with Crippen LogP contribution in [0.15, 0.2) is 42.5 Å². The number of hydrogen-bond acceptors (Lipinski definition) is 1. The van der Waals surface area contributed by atoms with Gasteiger partial charge in [0.05, 0.1) is 5.69 Å². The van der Waals surface area contributed by atoms with Crippen molar-refractivity contribution >= 4 is 5.69 Å². The van der Waals surface area contributed by atoms with Crippen LogP contribution in [0.5, 0.6) is 0 Å². The van der Waals surface area contributed by atoms with E-state index in [2.05, 4.69) is 24.4 Å². The van der Waals surface area contributed by atoms with Crippen molar-refractivity contribution in [2.45, 2.75) is 26.8 Å². The molecule has 0 saturated heterocycles. The Morgan fingerprint density at radius 2 is 1.78 bits per heavy atom. The lowest BCUT2D eigenvalue weighted by Crippen LogP contribution is -2.04. The fourth-order valence-electron chi connectivity index (χ4n) is 2.03. The topological polar surface area (TPSA) is 12.0 Å². The van der Waals surface area contributed by atoms with Gasteiger partial charge in [0.25, 0.3) is 0 Å². The molecule has 1 nitrogen and oxygen atoms in total. The minimum atomic E-state index is -0.191. The van der Waals surface area contributed by atoms with Crippen molar-refractivity contribution in [2.75, 3.05) is 5.32 Å². The molecule has 2 aromatic carbocycles. The normalized spacial score (nSPS) is 10.4. The first-order valence-corrected chi connectivity index (χ1v) is 6.27. The van der Waals surface area contributed by atoms with E-state index >= 15 is 0 Å². The summed E-state index contributed by atoms with van der Waals surface area (Å²) < 4.78 is 13.7. The van der Waals surface area contributed by atoms with Crippen LogP contribution in [0.3, 0.4) is 0 Å². The van der Waals surface area contributed by atoms with Crippen LogP contribution in [0.2, 0.25) is 0 Å². The van der Waals surface area contributed by atoms with Crippen molar-refractivity contribution in [3.63, 3.8) is 0 Å². The van der Waals surface area contributed by atoms with Gasteiger partial charge >= 0.3 is 0 Å². The highest BCUT2D eigenvalue weighted by molar-refractivity contribution is 5.47. The van der Waals surface area contributed by atoms with Gasteiger partial charge in [0.15, 0.2) is 0 Å². The number of halogens is 1. The maximum absolute atomic E-state index is 13.7. The predicted molar refractivity (Wildman–Crippen MR) is 74.3 cm³/mol. The molecule has 0 fully saturated rings. The van der Waals surface area contributed by atoms with Crippen LogP contribution in [0.25, 0.3) is 0 Å². The molecule has 0 spiro atoms. The average Bonchev–Trinajstić information content (AvgIpc) is 2.38. The van der Waals surface area contributed by atoms with Crippen molar-refractivity contribution in [3.05, 3.63) is 65.0 Å². The number of aryl methyl sites for hydroxylation is 2. The van der Waals surface area contributed by atoms with Crippen molar-refractivity contribution in [3.8, 4) is 0 Å². The van der Waals surface area contributed by atoms with E-state index in [0.717, 1.165) is 12.0 Å². The molecule has 0 aliphatic heterocycles. The Morgan fingerprint density at radius 1 is 1.06 bits per heavy atom. The van der Waals surface area contributed by atoms with E-state index in [-0.39, 0.29) is 5.82 Å². The van der Waals surface area contributed by atoms with Crippen LogP contribution in [-0.4, -0.2) is 0 Å². The number of benzene rings is 2. The number of rotatable bonds is 4. The first kappa shape index (κ1) is 12.6. The minimum Gasteiger partial charge on any atom is -0.379 e. The Bertz CT molecular complexity index is 534. The molecule has 2 rings (SSSR count). The van der Waals surface area contributed by atoms with E-state index < -0.39 is 0 Å². The summed E-state index contributed by atoms with van der Waals surface area (Å²) in [6, 6.07) is 13.5. The van der Waals surface area contributed by atoms with Gasteiger partial charge < -0.3 is 5.32 Å². The van der Waals surface area contributed by atoms with E-state index in [4.69, 9.17) is 0 Å². The fourth-order valence-corrected chi connectivity index (χ4v) is 2.03. The lowest BCUT2D eigenvalue weighted by atomic mass is 10.1. The van der Waals surface area contributed by atoms with E-state index in [1.54, 1.807) is 12.1 Å². The maximum atomic E-state index is 13.7. The van der Waals surface area contributed by atoms with Gasteiger partial charge in [-0.3, -0.25) is 0 Å². The lowest BCUT2D eigenvalue weighted by Gasteiger charge is -2.11. The molecular formula is C16H18FN. The highest BCUT2D eigenvalue weighted by Gasteiger charge is 2.03. The molecule has 0 aliphatic carbocycles. The quantitative estimate of drug-likeness (QED) is 0.843. The van der Waals surface area contributed by atoms with E-state index in [0.29, 0.717) is 12.2 Å². The van der Waals surface area contributed by atoms with Crippen molar-refractivity contribution in [1.82, 2.24) is 0 Å². The summed E-state index contributed by atoms with van der Waals surface area (Å²) in [5.74, 6) is -0.191. The van der Waals surface area contributed by atoms with Crippen LogP contribution in [-0.2, 0) is 13.0 Å². The second-order valence-electron chi connectivity index (χ2n) is 4.46. The molecule has 0 saturated carbocycles. The Labute approximate surface area is 108 Å². The van der Waals surface area contributed by atoms with Gasteiger partial charge in [0, 0.05) is 6.54 Å². The molecule has 0 unspecified atom stereocenters. The summed E-state index contributed by atoms with van der Waals surface area (Å²) >= 11 is 0. The summed E-state index contributed by atoms with van der Waals surface area (Å²) in [6.45, 7) is 4.68. The van der Waals surface area contributed by atoms with E-state index in [1.807, 2.05) is 25.1 Å². The zero-order valence-corrected chi connectivity index (χ0v) is 10.8. The van der Waals surface area contributed by atoms with Gasteiger partial charge in [-0.25, -0.2) is 4.39 Å². The highest BCUT2D eigenvalue weighted by atomic mass is 19.1. The molecule has 0 aliphatic rings. The number of anilines is 1. The lowest BCUT2D eigenvalue weighted by molar-refractivity contribution is 0.629. The van der Waals surface area contributed by atoms with Gasteiger partial charge in [-0.05, 0) is 42.2 Å². The predicted octanol–water partition coefficient (Wildman–Crippen LogP) is 4.31. The second kappa shape index (κ2) is 5.67. The average molecular weight is 243 g/mol. The molecule has 0 heterocycles. The first-order valence-electron chi connectivity index (χ1n) is 6.27. The minimum absolute atomic E-state index is 0.191. The molecule has 2 heteroatoms. The third-order valence-electron chi connectivity index (χ3n) is 3.09. The largest absolute Gasteiger partial charge is 0.379 e. The molecule has 18 heavy (non-hydrogen) atoms. The molecule has 0 bridgehead atoms. The summed E-state index contributed by atoms with van der Waals surface area (Å²) in [5.41, 5.74) is 4.02. The maximum Gasteiger partial charge on any atom is 0.146 e. The third kappa shape index (κ3) is 2.89. The van der Waals surface area contributed by atoms with Crippen LogP contribution in [0.4, 0.5) is 10.1 Å². The molecule has 94 valence electrons. The van der Waals surface area contributed by atoms with Gasteiger partial charge in [0.1, 0.15) is 5.82 Å². The monoisotopic (exact) mass is 243 g/mol. The molecule has 0 atom stereocenters. The summed E-state index contributed by atoms with van der Waals surface area (Å²) in [5, 5.41) is 3.16. The second-order valence-corrected chi connectivity index (χ2v) is 4.46. The Kier molecular flexibility index (Phi) is 3.98. The van der Waals surface area contributed by atoms with Gasteiger partial charge in [-0.2, -0.15) is 0 Å². The van der Waals surface area contributed by atoms with E-state index in [9.17, 15) is 4.39 Å². The molecule has 0 aromatic heterocycles.